The van der Waals surface area contributed by atoms with E-state index >= 15 is 0 Å². The molecule has 7 nitrogen and oxygen atoms in total. The Morgan fingerprint density at radius 2 is 1.35 bits per heavy atom. The minimum absolute atomic E-state index is 0.243. The normalized spacial score (nSPS) is 10.0. The Labute approximate surface area is 150 Å². The second kappa shape index (κ2) is 7.89. The summed E-state index contributed by atoms with van der Waals surface area (Å²) in [4.78, 5) is 24.4. The van der Waals surface area contributed by atoms with Gasteiger partial charge in [0.15, 0.2) is 0 Å². The molecular formula is C19H16N4O3. The van der Waals surface area contributed by atoms with E-state index in [-0.39, 0.29) is 11.8 Å². The van der Waals surface area contributed by atoms with Crippen LogP contribution in [0.1, 0.15) is 20.7 Å². The van der Waals surface area contributed by atoms with Crippen LogP contribution in [0.3, 0.4) is 0 Å². The lowest BCUT2D eigenvalue weighted by atomic mass is 10.1. The Hall–Kier alpha value is -3.74. The first kappa shape index (κ1) is 17.1. The SMILES string of the molecule is COc1ccc(C(=O)Nc2ccc(C(=O)Nc3ccnnc3)cc2)cc1. The number of amides is 2. The average molecular weight is 348 g/mol. The summed E-state index contributed by atoms with van der Waals surface area (Å²) in [5.41, 5.74) is 2.12. The summed E-state index contributed by atoms with van der Waals surface area (Å²) < 4.78 is 5.07. The molecule has 3 rings (SSSR count). The van der Waals surface area contributed by atoms with E-state index in [9.17, 15) is 9.59 Å². The van der Waals surface area contributed by atoms with E-state index in [0.29, 0.717) is 28.3 Å². The van der Waals surface area contributed by atoms with Crippen molar-refractivity contribution in [3.05, 3.63) is 78.1 Å². The molecule has 7 heteroatoms. The number of carbonyl (C=O) groups excluding carboxylic acids is 2. The third-order valence-electron chi connectivity index (χ3n) is 3.60. The lowest BCUT2D eigenvalue weighted by Gasteiger charge is -2.08. The first-order valence-corrected chi connectivity index (χ1v) is 7.79. The molecule has 0 radical (unpaired) electrons. The van der Waals surface area contributed by atoms with Crippen molar-refractivity contribution < 1.29 is 14.3 Å². The molecule has 0 aliphatic carbocycles. The van der Waals surface area contributed by atoms with Crippen molar-refractivity contribution >= 4 is 23.2 Å². The number of ether oxygens (including phenoxy) is 1. The minimum atomic E-state index is -0.272. The van der Waals surface area contributed by atoms with Gasteiger partial charge in [0.05, 0.1) is 25.2 Å². The number of nitrogens with one attached hydrogen (secondary N) is 2. The molecule has 130 valence electrons. The summed E-state index contributed by atoms with van der Waals surface area (Å²) in [5.74, 6) is 0.167. The van der Waals surface area contributed by atoms with Crippen LogP contribution in [-0.4, -0.2) is 29.1 Å². The average Bonchev–Trinajstić information content (AvgIpc) is 2.69. The predicted molar refractivity (Wildman–Crippen MR) is 97.4 cm³/mol. The molecule has 0 saturated carbocycles. The number of carbonyl (C=O) groups is 2. The van der Waals surface area contributed by atoms with Gasteiger partial charge in [-0.25, -0.2) is 0 Å². The molecule has 0 atom stereocenters. The summed E-state index contributed by atoms with van der Waals surface area (Å²) in [7, 11) is 1.57. The summed E-state index contributed by atoms with van der Waals surface area (Å²) in [6, 6.07) is 15.0. The zero-order valence-electron chi connectivity index (χ0n) is 14.0. The van der Waals surface area contributed by atoms with Crippen LogP contribution < -0.4 is 15.4 Å². The van der Waals surface area contributed by atoms with Gasteiger partial charge in [-0.3, -0.25) is 9.59 Å². The van der Waals surface area contributed by atoms with Gasteiger partial charge in [-0.15, -0.1) is 0 Å². The molecule has 0 spiro atoms. The molecule has 26 heavy (non-hydrogen) atoms. The zero-order chi connectivity index (χ0) is 18.4. The summed E-state index contributed by atoms with van der Waals surface area (Å²) in [6.45, 7) is 0. The molecule has 1 heterocycles. The van der Waals surface area contributed by atoms with Crippen molar-refractivity contribution in [3.8, 4) is 5.75 Å². The highest BCUT2D eigenvalue weighted by atomic mass is 16.5. The summed E-state index contributed by atoms with van der Waals surface area (Å²) in [5, 5.41) is 12.8. The molecule has 0 fully saturated rings. The Bertz CT molecular complexity index is 894. The van der Waals surface area contributed by atoms with Crippen LogP contribution in [-0.2, 0) is 0 Å². The fourth-order valence-corrected chi connectivity index (χ4v) is 2.22. The van der Waals surface area contributed by atoms with Gasteiger partial charge in [0.25, 0.3) is 11.8 Å². The topological polar surface area (TPSA) is 93.2 Å². The van der Waals surface area contributed by atoms with Gasteiger partial charge in [-0.2, -0.15) is 10.2 Å². The van der Waals surface area contributed by atoms with Crippen LogP contribution in [0, 0.1) is 0 Å². The van der Waals surface area contributed by atoms with Crippen LogP contribution in [0.25, 0.3) is 0 Å². The fraction of sp³-hybridized carbons (Fsp3) is 0.0526. The number of aromatic nitrogens is 2. The molecule has 1 aromatic heterocycles. The van der Waals surface area contributed by atoms with Gasteiger partial charge in [0.1, 0.15) is 5.75 Å². The van der Waals surface area contributed by atoms with Crippen LogP contribution in [0.4, 0.5) is 11.4 Å². The molecule has 2 aromatic carbocycles. The van der Waals surface area contributed by atoms with E-state index in [1.54, 1.807) is 61.7 Å². The van der Waals surface area contributed by atoms with E-state index in [1.165, 1.54) is 12.4 Å². The lowest BCUT2D eigenvalue weighted by Crippen LogP contribution is -2.13. The van der Waals surface area contributed by atoms with Crippen molar-refractivity contribution in [2.75, 3.05) is 17.7 Å². The quantitative estimate of drug-likeness (QED) is 0.739. The molecule has 0 bridgehead atoms. The third-order valence-corrected chi connectivity index (χ3v) is 3.60. The van der Waals surface area contributed by atoms with E-state index in [1.807, 2.05) is 0 Å². The van der Waals surface area contributed by atoms with Crippen molar-refractivity contribution in [1.82, 2.24) is 10.2 Å². The van der Waals surface area contributed by atoms with E-state index in [4.69, 9.17) is 4.74 Å². The van der Waals surface area contributed by atoms with Crippen molar-refractivity contribution in [3.63, 3.8) is 0 Å². The molecular weight excluding hydrogens is 332 g/mol. The van der Waals surface area contributed by atoms with Gasteiger partial charge in [0.2, 0.25) is 0 Å². The van der Waals surface area contributed by atoms with Crippen molar-refractivity contribution in [1.29, 1.82) is 0 Å². The number of rotatable bonds is 5. The van der Waals surface area contributed by atoms with Crippen LogP contribution in [0.5, 0.6) is 5.75 Å². The van der Waals surface area contributed by atoms with Gasteiger partial charge in [0, 0.05) is 16.8 Å². The van der Waals surface area contributed by atoms with Gasteiger partial charge in [-0.05, 0) is 54.6 Å². The van der Waals surface area contributed by atoms with Crippen LogP contribution >= 0.6 is 0 Å². The number of methoxy groups -OCH3 is 1. The summed E-state index contributed by atoms with van der Waals surface area (Å²) >= 11 is 0. The predicted octanol–water partition coefficient (Wildman–Crippen LogP) is 2.99. The minimum Gasteiger partial charge on any atom is -0.497 e. The van der Waals surface area contributed by atoms with Crippen molar-refractivity contribution in [2.45, 2.75) is 0 Å². The number of benzene rings is 2. The first-order valence-electron chi connectivity index (χ1n) is 7.79. The highest BCUT2D eigenvalue weighted by molar-refractivity contribution is 6.06. The largest absolute Gasteiger partial charge is 0.497 e. The smallest absolute Gasteiger partial charge is 0.255 e. The molecule has 0 aliphatic heterocycles. The van der Waals surface area contributed by atoms with Gasteiger partial charge >= 0.3 is 0 Å². The maximum Gasteiger partial charge on any atom is 0.255 e. The van der Waals surface area contributed by atoms with Crippen LogP contribution in [0.15, 0.2) is 67.0 Å². The zero-order valence-corrected chi connectivity index (χ0v) is 14.0. The Morgan fingerprint density at radius 3 is 1.88 bits per heavy atom. The summed E-state index contributed by atoms with van der Waals surface area (Å²) in [6.07, 6.45) is 2.95. The van der Waals surface area contributed by atoms with Gasteiger partial charge in [-0.1, -0.05) is 0 Å². The molecule has 0 unspecified atom stereocenters. The second-order valence-corrected chi connectivity index (χ2v) is 5.35. The number of hydrogen-bond donors (Lipinski definition) is 2. The van der Waals surface area contributed by atoms with Crippen molar-refractivity contribution in [2.24, 2.45) is 0 Å². The molecule has 2 N–H and O–H groups in total. The molecule has 0 saturated heterocycles. The molecule has 0 aliphatic rings. The maximum absolute atomic E-state index is 12.2. The monoisotopic (exact) mass is 348 g/mol. The number of hydrogen-bond acceptors (Lipinski definition) is 5. The Kier molecular flexibility index (Phi) is 5.19. The molecule has 3 aromatic rings. The number of anilines is 2. The highest BCUT2D eigenvalue weighted by Gasteiger charge is 2.09. The van der Waals surface area contributed by atoms with Crippen LogP contribution in [0.2, 0.25) is 0 Å². The number of nitrogens with zero attached hydrogens (tertiary/aromatic N) is 2. The lowest BCUT2D eigenvalue weighted by molar-refractivity contribution is 0.102. The Morgan fingerprint density at radius 1 is 0.769 bits per heavy atom. The third kappa shape index (κ3) is 4.21. The fourth-order valence-electron chi connectivity index (χ4n) is 2.22. The standard InChI is InChI=1S/C19H16N4O3/c1-26-17-8-4-14(5-9-17)18(24)22-15-6-2-13(3-7-15)19(25)23-16-10-11-20-21-12-16/h2-12H,1H3,(H,22,24)(H,20,23,25). The highest BCUT2D eigenvalue weighted by Crippen LogP contribution is 2.15. The van der Waals surface area contributed by atoms with Gasteiger partial charge < -0.3 is 15.4 Å². The van der Waals surface area contributed by atoms with E-state index in [0.717, 1.165) is 0 Å². The van der Waals surface area contributed by atoms with E-state index in [2.05, 4.69) is 20.8 Å². The Balaban J connectivity index is 1.63. The van der Waals surface area contributed by atoms with E-state index < -0.39 is 0 Å². The first-order chi connectivity index (χ1) is 12.7. The second-order valence-electron chi connectivity index (χ2n) is 5.35. The maximum atomic E-state index is 12.2. The molecule has 2 amide bonds.